The number of likely N-dealkylation sites (tertiary alicyclic amines) is 1. The third kappa shape index (κ3) is 4.61. The third-order valence-corrected chi connectivity index (χ3v) is 5.62. The predicted octanol–water partition coefficient (Wildman–Crippen LogP) is 3.33. The molecule has 1 aliphatic rings. The Kier molecular flexibility index (Phi) is 5.60. The van der Waals surface area contributed by atoms with Crippen LogP contribution < -0.4 is 5.32 Å². The highest BCUT2D eigenvalue weighted by molar-refractivity contribution is 7.13. The molecule has 1 amide bonds. The molecule has 1 N–H and O–H groups in total. The topological polar surface area (TPSA) is 71.3 Å². The molecule has 140 valence electrons. The summed E-state index contributed by atoms with van der Waals surface area (Å²) in [5, 5.41) is 9.11. The Morgan fingerprint density at radius 1 is 1.26 bits per heavy atom. The zero-order valence-electron chi connectivity index (χ0n) is 15.0. The Labute approximate surface area is 162 Å². The van der Waals surface area contributed by atoms with E-state index in [9.17, 15) is 4.79 Å². The number of piperidine rings is 1. The highest BCUT2D eigenvalue weighted by Crippen LogP contribution is 2.23. The molecule has 1 saturated heterocycles. The van der Waals surface area contributed by atoms with E-state index in [4.69, 9.17) is 4.52 Å². The lowest BCUT2D eigenvalue weighted by Crippen LogP contribution is -2.42. The number of rotatable bonds is 6. The molecule has 6 nitrogen and oxygen atoms in total. The van der Waals surface area contributed by atoms with Crippen LogP contribution in [0.25, 0.3) is 10.7 Å². The quantitative estimate of drug-likeness (QED) is 0.708. The van der Waals surface area contributed by atoms with Crippen LogP contribution in [0, 0.1) is 5.92 Å². The minimum absolute atomic E-state index is 0.00199. The van der Waals surface area contributed by atoms with E-state index >= 15 is 0 Å². The van der Waals surface area contributed by atoms with E-state index in [1.807, 2.05) is 47.8 Å². The second-order valence-corrected chi connectivity index (χ2v) is 7.71. The van der Waals surface area contributed by atoms with E-state index in [-0.39, 0.29) is 11.8 Å². The summed E-state index contributed by atoms with van der Waals surface area (Å²) in [7, 11) is 0. The molecule has 0 spiro atoms. The number of carbonyl (C=O) groups is 1. The van der Waals surface area contributed by atoms with E-state index in [1.165, 1.54) is 0 Å². The van der Waals surface area contributed by atoms with Crippen LogP contribution >= 0.6 is 11.3 Å². The maximum atomic E-state index is 12.5. The Morgan fingerprint density at radius 3 is 2.96 bits per heavy atom. The molecule has 27 heavy (non-hydrogen) atoms. The third-order valence-electron chi connectivity index (χ3n) is 4.75. The van der Waals surface area contributed by atoms with Gasteiger partial charge in [0.15, 0.2) is 0 Å². The van der Waals surface area contributed by atoms with Crippen LogP contribution in [0.1, 0.15) is 24.3 Å². The van der Waals surface area contributed by atoms with Crippen molar-refractivity contribution < 1.29 is 9.32 Å². The van der Waals surface area contributed by atoms with Gasteiger partial charge in [0, 0.05) is 13.1 Å². The first-order valence-corrected chi connectivity index (χ1v) is 10.1. The van der Waals surface area contributed by atoms with Crippen LogP contribution in [-0.2, 0) is 17.9 Å². The van der Waals surface area contributed by atoms with Gasteiger partial charge in [0.25, 0.3) is 0 Å². The molecule has 4 rings (SSSR count). The van der Waals surface area contributed by atoms with Crippen molar-refractivity contribution in [2.24, 2.45) is 5.92 Å². The van der Waals surface area contributed by atoms with Crippen LogP contribution in [0.3, 0.4) is 0 Å². The van der Waals surface area contributed by atoms with Crippen molar-refractivity contribution >= 4 is 17.2 Å². The average molecular weight is 382 g/mol. The number of carbonyl (C=O) groups excluding carboxylic acids is 1. The highest BCUT2D eigenvalue weighted by Gasteiger charge is 2.26. The standard InChI is InChI=1S/C20H22N4O2S/c25-20(21-12-15-6-2-1-3-7-15)16-8-4-10-24(13-16)14-18-22-19(23-26-18)17-9-5-11-27-17/h1-3,5-7,9,11,16H,4,8,10,12-14H2,(H,21,25). The molecule has 7 heteroatoms. The van der Waals surface area contributed by atoms with Gasteiger partial charge < -0.3 is 9.84 Å². The first kappa shape index (κ1) is 17.9. The lowest BCUT2D eigenvalue weighted by atomic mass is 9.97. The molecule has 1 aliphatic heterocycles. The van der Waals surface area contributed by atoms with Crippen molar-refractivity contribution in [2.75, 3.05) is 13.1 Å². The van der Waals surface area contributed by atoms with Gasteiger partial charge in [-0.25, -0.2) is 0 Å². The van der Waals surface area contributed by atoms with Gasteiger partial charge in [0.05, 0.1) is 17.3 Å². The largest absolute Gasteiger partial charge is 0.352 e. The fourth-order valence-electron chi connectivity index (χ4n) is 3.36. The van der Waals surface area contributed by atoms with Gasteiger partial charge >= 0.3 is 0 Å². The number of aromatic nitrogens is 2. The van der Waals surface area contributed by atoms with Gasteiger partial charge in [0.1, 0.15) is 0 Å². The molecule has 0 saturated carbocycles. The van der Waals surface area contributed by atoms with Crippen LogP contribution in [0.4, 0.5) is 0 Å². The van der Waals surface area contributed by atoms with E-state index < -0.39 is 0 Å². The fraction of sp³-hybridized carbons (Fsp3) is 0.350. The number of nitrogens with one attached hydrogen (secondary N) is 1. The maximum Gasteiger partial charge on any atom is 0.241 e. The molecule has 0 aliphatic carbocycles. The fourth-order valence-corrected chi connectivity index (χ4v) is 4.01. The van der Waals surface area contributed by atoms with Gasteiger partial charge in [-0.1, -0.05) is 41.6 Å². The van der Waals surface area contributed by atoms with Crippen LogP contribution in [0.15, 0.2) is 52.4 Å². The van der Waals surface area contributed by atoms with E-state index in [1.54, 1.807) is 11.3 Å². The molecule has 0 bridgehead atoms. The van der Waals surface area contributed by atoms with Crippen LogP contribution in [0.5, 0.6) is 0 Å². The monoisotopic (exact) mass is 382 g/mol. The molecular formula is C20H22N4O2S. The first-order chi connectivity index (χ1) is 13.3. The first-order valence-electron chi connectivity index (χ1n) is 9.18. The molecule has 0 radical (unpaired) electrons. The number of nitrogens with zero attached hydrogens (tertiary/aromatic N) is 3. The lowest BCUT2D eigenvalue weighted by molar-refractivity contribution is -0.127. The predicted molar refractivity (Wildman–Crippen MR) is 104 cm³/mol. The summed E-state index contributed by atoms with van der Waals surface area (Å²) >= 11 is 1.59. The summed E-state index contributed by atoms with van der Waals surface area (Å²) in [5.41, 5.74) is 1.12. The van der Waals surface area contributed by atoms with Gasteiger partial charge in [-0.05, 0) is 36.4 Å². The average Bonchev–Trinajstić information content (AvgIpc) is 3.39. The highest BCUT2D eigenvalue weighted by atomic mass is 32.1. The van der Waals surface area contributed by atoms with Crippen LogP contribution in [0.2, 0.25) is 0 Å². The van der Waals surface area contributed by atoms with E-state index in [2.05, 4.69) is 20.4 Å². The zero-order valence-corrected chi connectivity index (χ0v) is 15.8. The van der Waals surface area contributed by atoms with Crippen molar-refractivity contribution in [1.82, 2.24) is 20.4 Å². The SMILES string of the molecule is O=C(NCc1ccccc1)C1CCCN(Cc2nc(-c3cccs3)no2)C1. The second kappa shape index (κ2) is 8.45. The minimum Gasteiger partial charge on any atom is -0.352 e. The Bertz CT molecular complexity index is 863. The van der Waals surface area contributed by atoms with Gasteiger partial charge in [-0.15, -0.1) is 11.3 Å². The number of hydrogen-bond donors (Lipinski definition) is 1. The summed E-state index contributed by atoms with van der Waals surface area (Å²) in [6.07, 6.45) is 1.91. The second-order valence-electron chi connectivity index (χ2n) is 6.77. The molecule has 1 unspecified atom stereocenters. The summed E-state index contributed by atoms with van der Waals surface area (Å²) in [6, 6.07) is 13.9. The molecule has 1 aromatic carbocycles. The number of thiophene rings is 1. The summed E-state index contributed by atoms with van der Waals surface area (Å²) in [4.78, 5) is 20.3. The van der Waals surface area contributed by atoms with Crippen molar-refractivity contribution in [3.8, 4) is 10.7 Å². The van der Waals surface area contributed by atoms with Crippen molar-refractivity contribution in [3.05, 3.63) is 59.3 Å². The summed E-state index contributed by atoms with van der Waals surface area (Å²) in [5.74, 6) is 1.36. The number of amides is 1. The van der Waals surface area contributed by atoms with Crippen molar-refractivity contribution in [1.29, 1.82) is 0 Å². The summed E-state index contributed by atoms with van der Waals surface area (Å²) in [6.45, 7) is 2.82. The Balaban J connectivity index is 1.31. The van der Waals surface area contributed by atoms with Crippen LogP contribution in [-0.4, -0.2) is 34.0 Å². The van der Waals surface area contributed by atoms with Crippen molar-refractivity contribution in [2.45, 2.75) is 25.9 Å². The van der Waals surface area contributed by atoms with Crippen molar-refractivity contribution in [3.63, 3.8) is 0 Å². The van der Waals surface area contributed by atoms with E-state index in [0.717, 1.165) is 36.4 Å². The molecule has 3 heterocycles. The van der Waals surface area contributed by atoms with E-state index in [0.29, 0.717) is 24.8 Å². The molecule has 2 aromatic heterocycles. The Hall–Kier alpha value is -2.51. The molecule has 3 aromatic rings. The molecular weight excluding hydrogens is 360 g/mol. The Morgan fingerprint density at radius 2 is 2.15 bits per heavy atom. The van der Waals surface area contributed by atoms with Gasteiger partial charge in [-0.3, -0.25) is 9.69 Å². The zero-order chi connectivity index (χ0) is 18.5. The molecule has 1 atom stereocenters. The maximum absolute atomic E-state index is 12.5. The smallest absolute Gasteiger partial charge is 0.241 e. The lowest BCUT2D eigenvalue weighted by Gasteiger charge is -2.30. The van der Waals surface area contributed by atoms with Gasteiger partial charge in [-0.2, -0.15) is 4.98 Å². The number of benzene rings is 1. The normalized spacial score (nSPS) is 17.7. The van der Waals surface area contributed by atoms with Gasteiger partial charge in [0.2, 0.25) is 17.6 Å². The molecule has 1 fully saturated rings. The number of hydrogen-bond acceptors (Lipinski definition) is 6. The minimum atomic E-state index is 0.00199. The summed E-state index contributed by atoms with van der Waals surface area (Å²) < 4.78 is 5.40.